The molecule has 0 unspecified atom stereocenters. The van der Waals surface area contributed by atoms with Gasteiger partial charge in [-0.25, -0.2) is 14.6 Å². The van der Waals surface area contributed by atoms with E-state index in [1.807, 2.05) is 0 Å². The Kier molecular flexibility index (Phi) is 2.54. The fourth-order valence-corrected chi connectivity index (χ4v) is 1.43. The van der Waals surface area contributed by atoms with Gasteiger partial charge in [0.2, 0.25) is 0 Å². The molecular formula is C9H10N4O4. The first-order valence-corrected chi connectivity index (χ1v) is 4.68. The van der Waals surface area contributed by atoms with Gasteiger partial charge in [-0.1, -0.05) is 0 Å². The zero-order valence-electron chi connectivity index (χ0n) is 9.50. The van der Waals surface area contributed by atoms with E-state index < -0.39 is 11.9 Å². The summed E-state index contributed by atoms with van der Waals surface area (Å²) in [6.45, 7) is 0. The highest BCUT2D eigenvalue weighted by molar-refractivity contribution is 5.93. The molecule has 0 bridgehead atoms. The Bertz CT molecular complexity index is 597. The SMILES string of the molecule is COC(=O)c1cc(C(=O)OC)n2c(n1)nn2C. The van der Waals surface area contributed by atoms with Crippen LogP contribution in [0.1, 0.15) is 21.0 Å². The van der Waals surface area contributed by atoms with E-state index in [1.54, 1.807) is 7.05 Å². The fourth-order valence-electron chi connectivity index (χ4n) is 1.43. The van der Waals surface area contributed by atoms with Crippen molar-refractivity contribution < 1.29 is 19.1 Å². The van der Waals surface area contributed by atoms with Crippen molar-refractivity contribution in [1.82, 2.24) is 19.4 Å². The third-order valence-electron chi connectivity index (χ3n) is 2.22. The first-order valence-electron chi connectivity index (χ1n) is 4.68. The van der Waals surface area contributed by atoms with Crippen molar-refractivity contribution in [3.8, 4) is 0 Å². The molecule has 0 saturated heterocycles. The van der Waals surface area contributed by atoms with Gasteiger partial charge in [0.05, 0.1) is 14.2 Å². The van der Waals surface area contributed by atoms with Crippen LogP contribution in [-0.2, 0) is 16.5 Å². The lowest BCUT2D eigenvalue weighted by Gasteiger charge is -2.15. The van der Waals surface area contributed by atoms with Crippen molar-refractivity contribution in [2.24, 2.45) is 7.05 Å². The molecule has 2 aromatic heterocycles. The molecule has 8 heteroatoms. The summed E-state index contributed by atoms with van der Waals surface area (Å²) < 4.78 is 10.6. The zero-order chi connectivity index (χ0) is 12.6. The number of aryl methyl sites for hydroxylation is 1. The molecule has 0 atom stereocenters. The molecule has 8 nitrogen and oxygen atoms in total. The van der Waals surface area contributed by atoms with E-state index in [9.17, 15) is 9.59 Å². The van der Waals surface area contributed by atoms with E-state index in [0.29, 0.717) is 0 Å². The van der Waals surface area contributed by atoms with Crippen molar-refractivity contribution in [3.63, 3.8) is 0 Å². The lowest BCUT2D eigenvalue weighted by atomic mass is 10.3. The summed E-state index contributed by atoms with van der Waals surface area (Å²) in [5.41, 5.74) is 0.173. The molecule has 17 heavy (non-hydrogen) atoms. The molecular weight excluding hydrogens is 228 g/mol. The van der Waals surface area contributed by atoms with E-state index >= 15 is 0 Å². The number of aromatic nitrogens is 4. The van der Waals surface area contributed by atoms with Gasteiger partial charge in [-0.2, -0.15) is 9.31 Å². The van der Waals surface area contributed by atoms with Crippen LogP contribution in [0.2, 0.25) is 0 Å². The van der Waals surface area contributed by atoms with Gasteiger partial charge in [-0.05, 0) is 0 Å². The number of rotatable bonds is 2. The molecule has 0 saturated carbocycles. The summed E-state index contributed by atoms with van der Waals surface area (Å²) in [5.74, 6) is -0.973. The van der Waals surface area contributed by atoms with Gasteiger partial charge in [0.15, 0.2) is 11.4 Å². The molecule has 0 aliphatic carbocycles. The second-order valence-electron chi connectivity index (χ2n) is 3.21. The Morgan fingerprint density at radius 2 is 1.88 bits per heavy atom. The summed E-state index contributed by atoms with van der Waals surface area (Å²) in [5, 5.41) is 3.91. The summed E-state index contributed by atoms with van der Waals surface area (Å²) in [7, 11) is 4.12. The van der Waals surface area contributed by atoms with E-state index in [1.165, 1.54) is 29.6 Å². The number of carbonyl (C=O) groups is 2. The first-order chi connectivity index (χ1) is 8.08. The number of nitrogens with zero attached hydrogens (tertiary/aromatic N) is 4. The molecule has 2 heterocycles. The quantitative estimate of drug-likeness (QED) is 0.664. The second-order valence-corrected chi connectivity index (χ2v) is 3.21. The van der Waals surface area contributed by atoms with Crippen LogP contribution in [0.15, 0.2) is 6.07 Å². The zero-order valence-corrected chi connectivity index (χ0v) is 9.50. The van der Waals surface area contributed by atoms with Crippen LogP contribution in [-0.4, -0.2) is 45.6 Å². The molecule has 2 aromatic rings. The number of hydrogen-bond acceptors (Lipinski definition) is 6. The Morgan fingerprint density at radius 1 is 1.24 bits per heavy atom. The summed E-state index contributed by atoms with van der Waals surface area (Å²) in [6, 6.07) is 1.30. The average molecular weight is 238 g/mol. The average Bonchev–Trinajstić information content (AvgIpc) is 2.34. The number of fused-ring (bicyclic) bond motifs is 1. The lowest BCUT2D eigenvalue weighted by molar-refractivity contribution is 0.0583. The molecule has 0 aromatic carbocycles. The second kappa shape index (κ2) is 3.89. The molecule has 0 aliphatic heterocycles. The van der Waals surface area contributed by atoms with Crippen molar-refractivity contribution in [2.45, 2.75) is 0 Å². The minimum Gasteiger partial charge on any atom is -0.464 e. The molecule has 0 spiro atoms. The van der Waals surface area contributed by atoms with Gasteiger partial charge in [0.25, 0.3) is 5.78 Å². The topological polar surface area (TPSA) is 87.7 Å². The third kappa shape index (κ3) is 1.63. The van der Waals surface area contributed by atoms with Crippen LogP contribution >= 0.6 is 0 Å². The maximum Gasteiger partial charge on any atom is 0.356 e. The Balaban J connectivity index is 2.62. The molecule has 0 amide bonds. The van der Waals surface area contributed by atoms with Crippen LogP contribution in [0.25, 0.3) is 5.78 Å². The minimum atomic E-state index is -0.636. The van der Waals surface area contributed by atoms with Crippen LogP contribution in [0.3, 0.4) is 0 Å². The molecule has 2 rings (SSSR count). The first kappa shape index (κ1) is 11.1. The standard InChI is InChI=1S/C9H10N4O4/c1-12-11-9-10-5(7(14)16-2)4-6(13(9)12)8(15)17-3/h4H,1-3H3. The Hall–Kier alpha value is -2.38. The van der Waals surface area contributed by atoms with Crippen molar-refractivity contribution in [2.75, 3.05) is 14.2 Å². The van der Waals surface area contributed by atoms with Gasteiger partial charge in [-0.15, -0.1) is 5.10 Å². The number of ether oxygens (including phenoxy) is 2. The summed E-state index contributed by atoms with van der Waals surface area (Å²) in [6.07, 6.45) is 0. The van der Waals surface area contributed by atoms with Crippen LogP contribution in [0.5, 0.6) is 0 Å². The Labute approximate surface area is 95.7 Å². The van der Waals surface area contributed by atoms with E-state index in [0.717, 1.165) is 0 Å². The maximum absolute atomic E-state index is 11.5. The molecule has 0 N–H and O–H groups in total. The van der Waals surface area contributed by atoms with Gasteiger partial charge >= 0.3 is 11.9 Å². The molecule has 0 aliphatic rings. The smallest absolute Gasteiger partial charge is 0.356 e. The highest BCUT2D eigenvalue weighted by Gasteiger charge is 2.21. The highest BCUT2D eigenvalue weighted by atomic mass is 16.5. The molecule has 0 radical (unpaired) electrons. The lowest BCUT2D eigenvalue weighted by Crippen LogP contribution is -2.26. The largest absolute Gasteiger partial charge is 0.464 e. The highest BCUT2D eigenvalue weighted by Crippen LogP contribution is 2.10. The van der Waals surface area contributed by atoms with E-state index in [4.69, 9.17) is 0 Å². The minimum absolute atomic E-state index is 0.0102. The van der Waals surface area contributed by atoms with Gasteiger partial charge in [0, 0.05) is 13.1 Å². The number of methoxy groups -OCH3 is 2. The summed E-state index contributed by atoms with van der Waals surface area (Å²) >= 11 is 0. The predicted molar refractivity (Wildman–Crippen MR) is 54.6 cm³/mol. The normalized spacial score (nSPS) is 10.5. The Morgan fingerprint density at radius 3 is 2.41 bits per heavy atom. The number of carbonyl (C=O) groups excluding carboxylic acids is 2. The van der Waals surface area contributed by atoms with Crippen molar-refractivity contribution in [1.29, 1.82) is 0 Å². The monoisotopic (exact) mass is 238 g/mol. The fraction of sp³-hybridized carbons (Fsp3) is 0.333. The summed E-state index contributed by atoms with van der Waals surface area (Å²) in [4.78, 5) is 28.2. The number of hydrogen-bond donors (Lipinski definition) is 0. The van der Waals surface area contributed by atoms with E-state index in [-0.39, 0.29) is 17.2 Å². The number of esters is 2. The third-order valence-corrected chi connectivity index (χ3v) is 2.22. The molecule has 0 fully saturated rings. The van der Waals surface area contributed by atoms with E-state index in [2.05, 4.69) is 19.6 Å². The van der Waals surface area contributed by atoms with Crippen molar-refractivity contribution in [3.05, 3.63) is 17.5 Å². The van der Waals surface area contributed by atoms with Crippen molar-refractivity contribution >= 4 is 17.7 Å². The predicted octanol–water partition coefficient (Wildman–Crippen LogP) is -0.359. The van der Waals surface area contributed by atoms with Gasteiger partial charge < -0.3 is 9.47 Å². The molecule has 90 valence electrons. The van der Waals surface area contributed by atoms with Crippen LogP contribution in [0.4, 0.5) is 0 Å². The van der Waals surface area contributed by atoms with Crippen LogP contribution < -0.4 is 0 Å². The van der Waals surface area contributed by atoms with Crippen LogP contribution in [0, 0.1) is 0 Å². The van der Waals surface area contributed by atoms with Gasteiger partial charge in [0.1, 0.15) is 0 Å². The van der Waals surface area contributed by atoms with Gasteiger partial charge in [-0.3, -0.25) is 0 Å². The maximum atomic E-state index is 11.5.